The number of benzene rings is 2. The Bertz CT molecular complexity index is 1970. The van der Waals surface area contributed by atoms with Gasteiger partial charge in [0.25, 0.3) is 0 Å². The topological polar surface area (TPSA) is 117 Å². The molecule has 0 aliphatic heterocycles. The summed E-state index contributed by atoms with van der Waals surface area (Å²) in [4.78, 5) is 31.8. The van der Waals surface area contributed by atoms with E-state index in [0.29, 0.717) is 34.9 Å². The molecule has 0 fully saturated rings. The van der Waals surface area contributed by atoms with E-state index in [9.17, 15) is 14.9 Å². The number of aryl methyl sites for hydroxylation is 1. The van der Waals surface area contributed by atoms with Crippen LogP contribution < -0.4 is 16.7 Å². The molecule has 0 saturated carbocycles. The van der Waals surface area contributed by atoms with Crippen LogP contribution >= 0.6 is 11.6 Å². The molecule has 2 aliphatic carbocycles. The third-order valence-corrected chi connectivity index (χ3v) is 7.73. The van der Waals surface area contributed by atoms with E-state index in [0.717, 1.165) is 27.7 Å². The van der Waals surface area contributed by atoms with Crippen molar-refractivity contribution in [2.45, 2.75) is 40.2 Å². The van der Waals surface area contributed by atoms with Gasteiger partial charge in [-0.2, -0.15) is 10.2 Å². The summed E-state index contributed by atoms with van der Waals surface area (Å²) in [5, 5.41) is 21.0. The van der Waals surface area contributed by atoms with Crippen molar-refractivity contribution in [3.05, 3.63) is 144 Å². The molecule has 2 N–H and O–H groups in total. The summed E-state index contributed by atoms with van der Waals surface area (Å²) in [5.41, 5.74) is 5.49. The van der Waals surface area contributed by atoms with E-state index >= 15 is 0 Å². The van der Waals surface area contributed by atoms with Gasteiger partial charge in [0.1, 0.15) is 0 Å². The van der Waals surface area contributed by atoms with Crippen molar-refractivity contribution in [3.8, 4) is 11.8 Å². The summed E-state index contributed by atoms with van der Waals surface area (Å²) in [5.74, 6) is 0.399. The van der Waals surface area contributed by atoms with E-state index in [-0.39, 0.29) is 23.2 Å². The molecule has 0 bridgehead atoms. The van der Waals surface area contributed by atoms with Crippen molar-refractivity contribution >= 4 is 23.3 Å². The molecule has 1 unspecified atom stereocenters. The number of hydrogen-bond donors (Lipinski definition) is 2. The number of halogens is 1. The Morgan fingerprint density at radius 2 is 1.93 bits per heavy atom. The lowest BCUT2D eigenvalue weighted by Gasteiger charge is -2.21. The molecule has 1 aromatic heterocycles. The quantitative estimate of drug-likeness (QED) is 0.346. The summed E-state index contributed by atoms with van der Waals surface area (Å²) >= 11 is 6.43. The largest absolute Gasteiger partial charge is 0.359 e. The van der Waals surface area contributed by atoms with Gasteiger partial charge in [0.15, 0.2) is 0 Å². The van der Waals surface area contributed by atoms with Crippen LogP contribution in [0.2, 0.25) is 0 Å². The molecule has 216 valence electrons. The van der Waals surface area contributed by atoms with E-state index in [1.807, 2.05) is 19.1 Å². The predicted octanol–water partition coefficient (Wildman–Crippen LogP) is 6.09. The average molecular weight is 591 g/mol. The van der Waals surface area contributed by atoms with Crippen LogP contribution in [0, 0.1) is 29.6 Å². The number of allylic oxidation sites excluding steroid dienone is 8. The van der Waals surface area contributed by atoms with Gasteiger partial charge in [-0.05, 0) is 91.3 Å². The van der Waals surface area contributed by atoms with Crippen molar-refractivity contribution in [2.75, 3.05) is 5.32 Å². The minimum absolute atomic E-state index is 0.0180. The molecular weight excluding hydrogens is 560 g/mol. The Hall–Kier alpha value is -5.00. The van der Waals surface area contributed by atoms with Gasteiger partial charge in [-0.3, -0.25) is 4.57 Å². The van der Waals surface area contributed by atoms with Crippen LogP contribution in [0.25, 0.3) is 5.69 Å². The van der Waals surface area contributed by atoms with Gasteiger partial charge in [-0.15, -0.1) is 0 Å². The van der Waals surface area contributed by atoms with Crippen molar-refractivity contribution in [1.29, 1.82) is 10.7 Å². The summed E-state index contributed by atoms with van der Waals surface area (Å²) in [6.45, 7) is 10.0. The van der Waals surface area contributed by atoms with Gasteiger partial charge < -0.3 is 10.7 Å². The first-order chi connectivity index (χ1) is 20.5. The smallest absolute Gasteiger partial charge is 0.324 e. The normalized spacial score (nSPS) is 16.6. The third-order valence-electron chi connectivity index (χ3n) is 7.41. The van der Waals surface area contributed by atoms with E-state index in [1.54, 1.807) is 36.4 Å². The van der Waals surface area contributed by atoms with E-state index in [2.05, 4.69) is 48.9 Å². The minimum Gasteiger partial charge on any atom is -0.324 e. The SMILES string of the molecule is C=C1C=C(Nc2nc(=O)n(-c3cccc(C)c3)c(=O)n2Cc2cc(C#N)ccc2CC2=CC(C)=CC(C)C2)C(Cl)=CC1=N. The molecule has 2 aliphatic rings. The lowest BCUT2D eigenvalue weighted by molar-refractivity contribution is 0.651. The predicted molar refractivity (Wildman–Crippen MR) is 171 cm³/mol. The highest BCUT2D eigenvalue weighted by Crippen LogP contribution is 2.28. The summed E-state index contributed by atoms with van der Waals surface area (Å²) in [7, 11) is 0. The highest BCUT2D eigenvalue weighted by atomic mass is 35.5. The van der Waals surface area contributed by atoms with Crippen LogP contribution in [0.5, 0.6) is 0 Å². The van der Waals surface area contributed by atoms with Gasteiger partial charge in [0.2, 0.25) is 5.95 Å². The maximum absolute atomic E-state index is 14.2. The van der Waals surface area contributed by atoms with Crippen molar-refractivity contribution in [2.24, 2.45) is 5.92 Å². The maximum Gasteiger partial charge on any atom is 0.359 e. The fraction of sp³-hybridized carbons (Fsp3) is 0.206. The molecule has 3 aromatic rings. The van der Waals surface area contributed by atoms with Crippen LogP contribution in [-0.4, -0.2) is 19.8 Å². The number of nitrogens with one attached hydrogen (secondary N) is 2. The molecular formula is C34H31ClN6O2. The van der Waals surface area contributed by atoms with E-state index in [4.69, 9.17) is 17.0 Å². The fourth-order valence-corrected chi connectivity index (χ4v) is 5.67. The van der Waals surface area contributed by atoms with Gasteiger partial charge in [0.05, 0.1) is 40.3 Å². The lowest BCUT2D eigenvalue weighted by atomic mass is 9.87. The Morgan fingerprint density at radius 1 is 1.14 bits per heavy atom. The zero-order valence-electron chi connectivity index (χ0n) is 24.2. The van der Waals surface area contributed by atoms with Crippen molar-refractivity contribution < 1.29 is 0 Å². The molecule has 9 heteroatoms. The molecule has 43 heavy (non-hydrogen) atoms. The second-order valence-electron chi connectivity index (χ2n) is 11.0. The Labute approximate surface area is 254 Å². The first-order valence-corrected chi connectivity index (χ1v) is 14.2. The Balaban J connectivity index is 1.66. The van der Waals surface area contributed by atoms with E-state index < -0.39 is 11.4 Å². The highest BCUT2D eigenvalue weighted by Gasteiger charge is 2.21. The van der Waals surface area contributed by atoms with Gasteiger partial charge in [-0.1, -0.05) is 66.6 Å². The first kappa shape index (κ1) is 29.5. The highest BCUT2D eigenvalue weighted by molar-refractivity contribution is 6.35. The lowest BCUT2D eigenvalue weighted by Crippen LogP contribution is -2.42. The van der Waals surface area contributed by atoms with Gasteiger partial charge in [0, 0.05) is 0 Å². The zero-order chi connectivity index (χ0) is 30.8. The second-order valence-corrected chi connectivity index (χ2v) is 11.4. The molecule has 0 spiro atoms. The van der Waals surface area contributed by atoms with Gasteiger partial charge >= 0.3 is 11.4 Å². The van der Waals surface area contributed by atoms with Crippen LogP contribution in [0.15, 0.2) is 110 Å². The first-order valence-electron chi connectivity index (χ1n) is 13.9. The number of nitrogens with zero attached hydrogens (tertiary/aromatic N) is 4. The number of hydrogen-bond acceptors (Lipinski definition) is 6. The fourth-order valence-electron chi connectivity index (χ4n) is 5.46. The summed E-state index contributed by atoms with van der Waals surface area (Å²) in [6.07, 6.45) is 9.02. The number of anilines is 1. The third kappa shape index (κ3) is 6.42. The molecule has 8 nitrogen and oxygen atoms in total. The molecule has 0 saturated heterocycles. The van der Waals surface area contributed by atoms with Crippen molar-refractivity contribution in [3.63, 3.8) is 0 Å². The Kier molecular flexibility index (Phi) is 8.29. The minimum atomic E-state index is -0.757. The maximum atomic E-state index is 14.2. The average Bonchev–Trinajstić information content (AvgIpc) is 2.94. The summed E-state index contributed by atoms with van der Waals surface area (Å²) in [6, 6.07) is 14.8. The number of nitriles is 1. The van der Waals surface area contributed by atoms with Crippen LogP contribution in [0.1, 0.15) is 42.5 Å². The van der Waals surface area contributed by atoms with Crippen molar-refractivity contribution in [1.82, 2.24) is 14.1 Å². The zero-order valence-corrected chi connectivity index (χ0v) is 25.0. The Morgan fingerprint density at radius 3 is 2.65 bits per heavy atom. The molecule has 1 atom stereocenters. The van der Waals surface area contributed by atoms with Crippen LogP contribution in [0.4, 0.5) is 5.95 Å². The number of aromatic nitrogens is 3. The van der Waals surface area contributed by atoms with Gasteiger partial charge in [-0.25, -0.2) is 14.2 Å². The molecule has 2 aromatic carbocycles. The summed E-state index contributed by atoms with van der Waals surface area (Å²) < 4.78 is 2.41. The van der Waals surface area contributed by atoms with Crippen LogP contribution in [-0.2, 0) is 13.0 Å². The monoisotopic (exact) mass is 590 g/mol. The second kappa shape index (κ2) is 12.1. The number of rotatable bonds is 7. The van der Waals surface area contributed by atoms with Crippen LogP contribution in [0.3, 0.4) is 0 Å². The standard InChI is InChI=1S/C34H31ClN6O2/c1-20-6-5-7-28(13-20)41-33(42)39-32(38-31-14-23(4)30(37)17-29(31)35)40(34(41)43)19-27-15-24(18-36)8-9-26(27)16-25-11-21(2)10-22(3)12-25/h5-11,13-15,17,22,37H,4,12,16,19H2,1-3H3,(H,38,39,42). The molecule has 5 rings (SSSR count). The molecule has 1 heterocycles. The van der Waals surface area contributed by atoms with E-state index in [1.165, 1.54) is 21.8 Å². The molecule has 0 amide bonds. The molecule has 0 radical (unpaired) electrons.